The molecule has 1 aromatic carbocycles. The first kappa shape index (κ1) is 16.6. The molecule has 0 amide bonds. The van der Waals surface area contributed by atoms with E-state index in [-0.39, 0.29) is 23.9 Å². The van der Waals surface area contributed by atoms with E-state index in [1.165, 1.54) is 10.9 Å². The van der Waals surface area contributed by atoms with Crippen LogP contribution < -0.4 is 5.73 Å². The number of nitrogens with zero attached hydrogens (tertiary/aromatic N) is 1. The molecule has 5 heteroatoms. The van der Waals surface area contributed by atoms with Crippen LogP contribution in [0.4, 0.5) is 4.39 Å². The molecule has 3 atom stereocenters. The van der Waals surface area contributed by atoms with Gasteiger partial charge in [0, 0.05) is 22.5 Å². The number of hydrogen-bond acceptors (Lipinski definition) is 3. The normalized spacial score (nSPS) is 16.0. The molecule has 1 aromatic heterocycles. The first-order valence-electron chi connectivity index (χ1n) is 6.89. The van der Waals surface area contributed by atoms with Crippen LogP contribution in [-0.4, -0.2) is 18.0 Å². The highest BCUT2D eigenvalue weighted by molar-refractivity contribution is 9.11. The highest BCUT2D eigenvalue weighted by Gasteiger charge is 2.28. The zero-order valence-corrected chi connectivity index (χ0v) is 14.8. The number of hydrogen-bond donors (Lipinski definition) is 1. The Labute approximate surface area is 137 Å². The number of halogens is 2. The van der Waals surface area contributed by atoms with Crippen LogP contribution in [0.3, 0.4) is 0 Å². The van der Waals surface area contributed by atoms with E-state index in [1.807, 2.05) is 39.1 Å². The Kier molecular flexibility index (Phi) is 5.54. The molecule has 0 fully saturated rings. The van der Waals surface area contributed by atoms with Gasteiger partial charge in [0.05, 0.1) is 9.83 Å². The summed E-state index contributed by atoms with van der Waals surface area (Å²) in [5.74, 6) is -0.173. The molecule has 0 aliphatic carbocycles. The molecular formula is C16H20BrFN2S. The minimum Gasteiger partial charge on any atom is -0.326 e. The van der Waals surface area contributed by atoms with Crippen molar-refractivity contribution in [2.45, 2.75) is 32.0 Å². The smallest absolute Gasteiger partial charge is 0.127 e. The quantitative estimate of drug-likeness (QED) is 0.823. The Morgan fingerprint density at radius 1 is 1.19 bits per heavy atom. The Morgan fingerprint density at radius 2 is 1.86 bits per heavy atom. The molecule has 2 N–H and O–H groups in total. The maximum Gasteiger partial charge on any atom is 0.127 e. The van der Waals surface area contributed by atoms with E-state index in [2.05, 4.69) is 26.9 Å². The van der Waals surface area contributed by atoms with Crippen LogP contribution in [0.1, 0.15) is 36.4 Å². The standard InChI is InChI=1S/C16H20BrFN2S/c1-10(19)16(14-8-9-15(17)21-14)20(3)11(2)12-6-4-5-7-13(12)18/h4-11,16H,19H2,1-3H3. The van der Waals surface area contributed by atoms with Gasteiger partial charge in [0.15, 0.2) is 0 Å². The second-order valence-electron chi connectivity index (χ2n) is 5.31. The van der Waals surface area contributed by atoms with E-state index >= 15 is 0 Å². The third-order valence-corrected chi connectivity index (χ3v) is 5.48. The van der Waals surface area contributed by atoms with Crippen molar-refractivity contribution in [3.8, 4) is 0 Å². The lowest BCUT2D eigenvalue weighted by Gasteiger charge is -2.35. The summed E-state index contributed by atoms with van der Waals surface area (Å²) in [6, 6.07) is 11.0. The molecule has 2 nitrogen and oxygen atoms in total. The average Bonchev–Trinajstić information content (AvgIpc) is 2.84. The van der Waals surface area contributed by atoms with Gasteiger partial charge in [0.2, 0.25) is 0 Å². The summed E-state index contributed by atoms with van der Waals surface area (Å²) in [6.45, 7) is 4.00. The first-order valence-corrected chi connectivity index (χ1v) is 8.50. The van der Waals surface area contributed by atoms with Crippen LogP contribution in [0.5, 0.6) is 0 Å². The average molecular weight is 371 g/mol. The van der Waals surface area contributed by atoms with Gasteiger partial charge in [-0.05, 0) is 55.0 Å². The van der Waals surface area contributed by atoms with Gasteiger partial charge in [0.25, 0.3) is 0 Å². The third kappa shape index (κ3) is 3.72. The molecule has 114 valence electrons. The molecule has 0 radical (unpaired) electrons. The van der Waals surface area contributed by atoms with E-state index in [9.17, 15) is 4.39 Å². The lowest BCUT2D eigenvalue weighted by Crippen LogP contribution is -2.38. The number of rotatable bonds is 5. The molecule has 2 aromatic rings. The van der Waals surface area contributed by atoms with Gasteiger partial charge in [-0.25, -0.2) is 4.39 Å². The van der Waals surface area contributed by atoms with Gasteiger partial charge in [-0.1, -0.05) is 18.2 Å². The predicted octanol–water partition coefficient (Wildman–Crippen LogP) is 4.73. The van der Waals surface area contributed by atoms with Crippen LogP contribution in [0.15, 0.2) is 40.2 Å². The van der Waals surface area contributed by atoms with Gasteiger partial charge in [-0.15, -0.1) is 11.3 Å². The van der Waals surface area contributed by atoms with Crippen molar-refractivity contribution in [3.05, 3.63) is 56.4 Å². The molecule has 0 aliphatic rings. The SMILES string of the molecule is CC(N)C(c1ccc(Br)s1)N(C)C(C)c1ccccc1F. The fourth-order valence-corrected chi connectivity index (χ4v) is 4.28. The van der Waals surface area contributed by atoms with E-state index in [0.29, 0.717) is 5.56 Å². The van der Waals surface area contributed by atoms with Crippen LogP contribution in [0.2, 0.25) is 0 Å². The summed E-state index contributed by atoms with van der Waals surface area (Å²) in [5, 5.41) is 0. The molecule has 1 heterocycles. The second kappa shape index (κ2) is 7.01. The third-order valence-electron chi connectivity index (χ3n) is 3.79. The number of nitrogens with two attached hydrogens (primary N) is 1. The van der Waals surface area contributed by atoms with E-state index < -0.39 is 0 Å². The number of thiophene rings is 1. The second-order valence-corrected chi connectivity index (χ2v) is 7.80. The molecule has 0 saturated carbocycles. The molecule has 3 unspecified atom stereocenters. The van der Waals surface area contributed by atoms with Crippen molar-refractivity contribution < 1.29 is 4.39 Å². The van der Waals surface area contributed by atoms with Crippen LogP contribution in [0.25, 0.3) is 0 Å². The first-order chi connectivity index (χ1) is 9.91. The van der Waals surface area contributed by atoms with Gasteiger partial charge >= 0.3 is 0 Å². The fraction of sp³-hybridized carbons (Fsp3) is 0.375. The summed E-state index contributed by atoms with van der Waals surface area (Å²) < 4.78 is 15.1. The fourth-order valence-electron chi connectivity index (χ4n) is 2.59. The van der Waals surface area contributed by atoms with E-state index in [4.69, 9.17) is 5.73 Å². The molecule has 21 heavy (non-hydrogen) atoms. The Hall–Kier alpha value is -0.750. The molecular weight excluding hydrogens is 351 g/mol. The van der Waals surface area contributed by atoms with Crippen LogP contribution >= 0.6 is 27.3 Å². The van der Waals surface area contributed by atoms with Gasteiger partial charge in [-0.3, -0.25) is 4.90 Å². The van der Waals surface area contributed by atoms with E-state index in [0.717, 1.165) is 3.79 Å². The summed E-state index contributed by atoms with van der Waals surface area (Å²) in [5.41, 5.74) is 6.88. The topological polar surface area (TPSA) is 29.3 Å². The molecule has 0 spiro atoms. The summed E-state index contributed by atoms with van der Waals surface area (Å²) in [4.78, 5) is 3.32. The number of likely N-dealkylation sites (N-methyl/N-ethyl adjacent to an activating group) is 1. The summed E-state index contributed by atoms with van der Waals surface area (Å²) in [6.07, 6.45) is 0. The highest BCUT2D eigenvalue weighted by atomic mass is 79.9. The van der Waals surface area contributed by atoms with Crippen molar-refractivity contribution in [1.82, 2.24) is 4.90 Å². The monoisotopic (exact) mass is 370 g/mol. The van der Waals surface area contributed by atoms with Gasteiger partial charge in [0.1, 0.15) is 5.82 Å². The van der Waals surface area contributed by atoms with Crippen LogP contribution in [0, 0.1) is 5.82 Å². The van der Waals surface area contributed by atoms with E-state index in [1.54, 1.807) is 17.4 Å². The van der Waals surface area contributed by atoms with Crippen molar-refractivity contribution in [2.75, 3.05) is 7.05 Å². The zero-order valence-electron chi connectivity index (χ0n) is 12.4. The van der Waals surface area contributed by atoms with Gasteiger partial charge < -0.3 is 5.73 Å². The van der Waals surface area contributed by atoms with Crippen molar-refractivity contribution in [3.63, 3.8) is 0 Å². The Morgan fingerprint density at radius 3 is 2.38 bits per heavy atom. The number of benzene rings is 1. The van der Waals surface area contributed by atoms with Crippen molar-refractivity contribution >= 4 is 27.3 Å². The maximum absolute atomic E-state index is 14.0. The predicted molar refractivity (Wildman–Crippen MR) is 91.0 cm³/mol. The lowest BCUT2D eigenvalue weighted by molar-refractivity contribution is 0.165. The molecule has 2 rings (SSSR count). The van der Waals surface area contributed by atoms with Crippen LogP contribution in [-0.2, 0) is 0 Å². The Bertz CT molecular complexity index is 599. The lowest BCUT2D eigenvalue weighted by atomic mass is 10.0. The molecule has 0 aliphatic heterocycles. The summed E-state index contributed by atoms with van der Waals surface area (Å²) in [7, 11) is 2.00. The maximum atomic E-state index is 14.0. The minimum atomic E-state index is -0.173. The highest BCUT2D eigenvalue weighted by Crippen LogP contribution is 2.36. The molecule has 0 bridgehead atoms. The molecule has 0 saturated heterocycles. The minimum absolute atomic E-state index is 0.0465. The largest absolute Gasteiger partial charge is 0.326 e. The summed E-state index contributed by atoms with van der Waals surface area (Å²) >= 11 is 5.16. The van der Waals surface area contributed by atoms with Crippen molar-refractivity contribution in [1.29, 1.82) is 0 Å². The Balaban J connectivity index is 2.31. The zero-order chi connectivity index (χ0) is 15.6. The van der Waals surface area contributed by atoms with Gasteiger partial charge in [-0.2, -0.15) is 0 Å². The van der Waals surface area contributed by atoms with Crippen molar-refractivity contribution in [2.24, 2.45) is 5.73 Å².